The molecule has 3 amide bonds. The van der Waals surface area contributed by atoms with E-state index in [4.69, 9.17) is 21.1 Å². The number of amides is 3. The highest BCUT2D eigenvalue weighted by Crippen LogP contribution is 2.52. The van der Waals surface area contributed by atoms with Crippen LogP contribution in [0.25, 0.3) is 0 Å². The first-order chi connectivity index (χ1) is 16.4. The summed E-state index contributed by atoms with van der Waals surface area (Å²) in [5.74, 6) is -0.343. The Morgan fingerprint density at radius 2 is 1.76 bits per heavy atom. The summed E-state index contributed by atoms with van der Waals surface area (Å²) < 4.78 is 11.0. The van der Waals surface area contributed by atoms with Crippen LogP contribution >= 0.6 is 11.6 Å². The number of ether oxygens (including phenoxy) is 2. The van der Waals surface area contributed by atoms with Crippen molar-refractivity contribution in [2.45, 2.75) is 6.42 Å². The van der Waals surface area contributed by atoms with Crippen molar-refractivity contribution in [3.8, 4) is 11.5 Å². The van der Waals surface area contributed by atoms with Gasteiger partial charge in [-0.25, -0.2) is 0 Å². The predicted octanol–water partition coefficient (Wildman–Crippen LogP) is 3.51. The van der Waals surface area contributed by atoms with E-state index < -0.39 is 0 Å². The number of hydrazone groups is 1. The topological polar surface area (TPSA) is 97.3 Å². The highest BCUT2D eigenvalue weighted by molar-refractivity contribution is 6.30. The summed E-state index contributed by atoms with van der Waals surface area (Å²) in [4.78, 5) is 37.7. The molecule has 4 atom stereocenters. The van der Waals surface area contributed by atoms with Gasteiger partial charge in [0.25, 0.3) is 17.7 Å². The van der Waals surface area contributed by atoms with Crippen molar-refractivity contribution >= 4 is 41.2 Å². The van der Waals surface area contributed by atoms with Gasteiger partial charge in [-0.3, -0.25) is 14.4 Å². The van der Waals surface area contributed by atoms with Crippen LogP contribution in [0.4, 0.5) is 5.69 Å². The fraction of sp³-hybridized carbons (Fsp3) is 0.280. The lowest BCUT2D eigenvalue weighted by atomic mass is 9.85. The van der Waals surface area contributed by atoms with Crippen molar-refractivity contribution in [3.05, 3.63) is 65.2 Å². The van der Waals surface area contributed by atoms with Crippen LogP contribution in [0, 0.1) is 23.7 Å². The van der Waals surface area contributed by atoms with E-state index in [0.29, 0.717) is 27.8 Å². The van der Waals surface area contributed by atoms with Gasteiger partial charge in [-0.2, -0.15) is 10.1 Å². The van der Waals surface area contributed by atoms with Gasteiger partial charge in [0.1, 0.15) is 0 Å². The number of rotatable bonds is 7. The Kier molecular flexibility index (Phi) is 5.83. The summed E-state index contributed by atoms with van der Waals surface area (Å²) in [5, 5.41) is 8.47. The molecule has 2 fully saturated rings. The number of nitrogens with one attached hydrogen (secondary N) is 1. The normalized spacial score (nSPS) is 24.7. The van der Waals surface area contributed by atoms with E-state index >= 15 is 0 Å². The van der Waals surface area contributed by atoms with E-state index in [1.165, 1.54) is 13.3 Å². The van der Waals surface area contributed by atoms with E-state index in [9.17, 15) is 14.4 Å². The molecule has 2 aliphatic carbocycles. The molecule has 9 heteroatoms. The Morgan fingerprint density at radius 3 is 2.41 bits per heavy atom. The fourth-order valence-electron chi connectivity index (χ4n) is 4.88. The predicted molar refractivity (Wildman–Crippen MR) is 126 cm³/mol. The van der Waals surface area contributed by atoms with E-state index in [1.54, 1.807) is 42.5 Å². The lowest BCUT2D eigenvalue weighted by Crippen LogP contribution is -2.28. The zero-order valence-corrected chi connectivity index (χ0v) is 19.1. The first-order valence-electron chi connectivity index (χ1n) is 10.9. The second kappa shape index (κ2) is 8.95. The zero-order chi connectivity index (χ0) is 23.8. The fourth-order valence-corrected chi connectivity index (χ4v) is 5.01. The van der Waals surface area contributed by atoms with Gasteiger partial charge in [0.05, 0.1) is 25.2 Å². The Bertz CT molecular complexity index is 1180. The Morgan fingerprint density at radius 1 is 1.09 bits per heavy atom. The third kappa shape index (κ3) is 4.05. The molecule has 0 spiro atoms. The minimum Gasteiger partial charge on any atom is -0.493 e. The van der Waals surface area contributed by atoms with E-state index in [-0.39, 0.29) is 48.0 Å². The van der Waals surface area contributed by atoms with Crippen LogP contribution < -0.4 is 14.8 Å². The monoisotopic (exact) mass is 479 g/mol. The van der Waals surface area contributed by atoms with Crippen LogP contribution in [0.1, 0.15) is 12.0 Å². The van der Waals surface area contributed by atoms with Crippen molar-refractivity contribution in [1.82, 2.24) is 5.01 Å². The number of benzene rings is 2. The maximum atomic E-state index is 12.8. The van der Waals surface area contributed by atoms with Crippen molar-refractivity contribution < 1.29 is 23.9 Å². The molecule has 1 saturated heterocycles. The standard InChI is InChI=1S/C25H22ClN3O5/c1-33-20-10-14(2-9-19(20)34-13-21(30)28-18-7-5-17(26)6-8-18)12-27-29-24(31)22-15-3-4-16(11-15)23(22)25(29)32/h2-10,12,15-16,22-23H,11,13H2,1H3,(H,28,30). The van der Waals surface area contributed by atoms with Crippen LogP contribution in [0.3, 0.4) is 0 Å². The number of anilines is 1. The Balaban J connectivity index is 1.22. The SMILES string of the molecule is COc1cc(C=NN2C(=O)C3C4C=CC(C4)C3C2=O)ccc1OCC(=O)Nc1ccc(Cl)cc1. The minimum atomic E-state index is -0.338. The third-order valence-electron chi connectivity index (χ3n) is 6.44. The first kappa shape index (κ1) is 22.2. The highest BCUT2D eigenvalue weighted by Gasteiger charge is 2.59. The van der Waals surface area contributed by atoms with E-state index in [2.05, 4.69) is 10.4 Å². The number of imide groups is 1. The van der Waals surface area contributed by atoms with Crippen LogP contribution in [-0.4, -0.2) is 42.7 Å². The molecule has 1 saturated carbocycles. The molecule has 1 N–H and O–H groups in total. The molecule has 174 valence electrons. The average Bonchev–Trinajstić information content (AvgIpc) is 3.52. The van der Waals surface area contributed by atoms with Crippen molar-refractivity contribution in [3.63, 3.8) is 0 Å². The van der Waals surface area contributed by atoms with Crippen molar-refractivity contribution in [2.75, 3.05) is 19.0 Å². The van der Waals surface area contributed by atoms with Crippen molar-refractivity contribution in [1.29, 1.82) is 0 Å². The number of nitrogens with zero attached hydrogens (tertiary/aromatic N) is 2. The third-order valence-corrected chi connectivity index (χ3v) is 6.70. The Hall–Kier alpha value is -3.65. The molecule has 2 bridgehead atoms. The molecular weight excluding hydrogens is 458 g/mol. The average molecular weight is 480 g/mol. The molecule has 3 aliphatic rings. The van der Waals surface area contributed by atoms with Gasteiger partial charge < -0.3 is 14.8 Å². The smallest absolute Gasteiger partial charge is 0.262 e. The van der Waals surface area contributed by atoms with Gasteiger partial charge in [0.2, 0.25) is 0 Å². The second-order valence-corrected chi connectivity index (χ2v) is 8.92. The lowest BCUT2D eigenvalue weighted by Gasteiger charge is -2.13. The van der Waals surface area contributed by atoms with Gasteiger partial charge in [-0.05, 0) is 66.3 Å². The first-order valence-corrected chi connectivity index (χ1v) is 11.3. The van der Waals surface area contributed by atoms with Gasteiger partial charge >= 0.3 is 0 Å². The van der Waals surface area contributed by atoms with Gasteiger partial charge in [0, 0.05) is 10.7 Å². The maximum absolute atomic E-state index is 12.8. The number of methoxy groups -OCH3 is 1. The number of hydrogen-bond donors (Lipinski definition) is 1. The molecular formula is C25H22ClN3O5. The molecule has 2 aromatic rings. The number of carbonyl (C=O) groups is 3. The molecule has 2 aromatic carbocycles. The molecule has 5 rings (SSSR count). The zero-order valence-electron chi connectivity index (χ0n) is 18.3. The minimum absolute atomic E-state index is 0.139. The largest absolute Gasteiger partial charge is 0.493 e. The Labute approximate surface area is 201 Å². The van der Waals surface area contributed by atoms with Gasteiger partial charge in [-0.15, -0.1) is 0 Å². The molecule has 0 aromatic heterocycles. The van der Waals surface area contributed by atoms with Gasteiger partial charge in [-0.1, -0.05) is 23.8 Å². The van der Waals surface area contributed by atoms with E-state index in [0.717, 1.165) is 11.4 Å². The molecule has 1 heterocycles. The van der Waals surface area contributed by atoms with Crippen LogP contribution in [0.15, 0.2) is 59.7 Å². The van der Waals surface area contributed by atoms with Crippen LogP contribution in [0.2, 0.25) is 5.02 Å². The summed E-state index contributed by atoms with van der Waals surface area (Å²) in [6, 6.07) is 11.7. The number of halogens is 1. The highest BCUT2D eigenvalue weighted by atomic mass is 35.5. The molecule has 1 aliphatic heterocycles. The van der Waals surface area contributed by atoms with Gasteiger partial charge in [0.15, 0.2) is 18.1 Å². The van der Waals surface area contributed by atoms with Crippen LogP contribution in [-0.2, 0) is 14.4 Å². The maximum Gasteiger partial charge on any atom is 0.262 e. The summed E-state index contributed by atoms with van der Waals surface area (Å²) in [7, 11) is 1.48. The molecule has 0 radical (unpaired) electrons. The summed E-state index contributed by atoms with van der Waals surface area (Å²) in [6.07, 6.45) is 6.42. The molecule has 34 heavy (non-hydrogen) atoms. The molecule has 8 nitrogen and oxygen atoms in total. The number of fused-ring (bicyclic) bond motifs is 5. The summed E-state index contributed by atoms with van der Waals surface area (Å²) in [6.45, 7) is -0.220. The molecule has 4 unspecified atom stereocenters. The second-order valence-electron chi connectivity index (χ2n) is 8.49. The summed E-state index contributed by atoms with van der Waals surface area (Å²) in [5.41, 5.74) is 1.23. The number of carbonyl (C=O) groups excluding carboxylic acids is 3. The quantitative estimate of drug-likeness (QED) is 0.372. The summed E-state index contributed by atoms with van der Waals surface area (Å²) >= 11 is 5.85. The lowest BCUT2D eigenvalue weighted by molar-refractivity contribution is -0.140. The van der Waals surface area contributed by atoms with Crippen molar-refractivity contribution in [2.24, 2.45) is 28.8 Å². The van der Waals surface area contributed by atoms with Crippen LogP contribution in [0.5, 0.6) is 11.5 Å². The van der Waals surface area contributed by atoms with E-state index in [1.807, 2.05) is 12.2 Å². The number of allylic oxidation sites excluding steroid dienone is 2. The number of hydrogen-bond acceptors (Lipinski definition) is 6.